The first-order valence-electron chi connectivity index (χ1n) is 36.1. The Morgan fingerprint density at radius 2 is 0.726 bits per heavy atom. The lowest BCUT2D eigenvalue weighted by atomic mass is 10.0. The normalized spacial score (nSPS) is 13.8. The second-order valence-corrected chi connectivity index (χ2v) is 27.2. The fourth-order valence-corrected chi connectivity index (χ4v) is 11.4. The molecular formula is C74H140N2O7P+. The minimum Gasteiger partial charge on any atom is -0.456 e. The highest BCUT2D eigenvalue weighted by atomic mass is 31.2. The predicted molar refractivity (Wildman–Crippen MR) is 365 cm³/mol. The maximum Gasteiger partial charge on any atom is 0.472 e. The molecule has 0 aromatic heterocycles. The Hall–Kier alpha value is -2.29. The van der Waals surface area contributed by atoms with Crippen molar-refractivity contribution in [3.05, 3.63) is 60.8 Å². The molecule has 3 unspecified atom stereocenters. The van der Waals surface area contributed by atoms with Crippen LogP contribution in [0.5, 0.6) is 0 Å². The lowest BCUT2D eigenvalue weighted by Gasteiger charge is -2.27. The van der Waals surface area contributed by atoms with E-state index in [0.717, 1.165) is 96.3 Å². The van der Waals surface area contributed by atoms with E-state index < -0.39 is 20.0 Å². The number of phosphoric acid groups is 1. The Morgan fingerprint density at radius 1 is 0.417 bits per heavy atom. The first-order chi connectivity index (χ1) is 40.9. The van der Waals surface area contributed by atoms with Crippen LogP contribution in [0.2, 0.25) is 0 Å². The highest BCUT2D eigenvalue weighted by molar-refractivity contribution is 7.47. The molecule has 0 heterocycles. The summed E-state index contributed by atoms with van der Waals surface area (Å²) in [7, 11) is 1.49. The van der Waals surface area contributed by atoms with Crippen molar-refractivity contribution in [1.29, 1.82) is 0 Å². The number of hydrogen-bond donors (Lipinski definition) is 2. The van der Waals surface area contributed by atoms with Gasteiger partial charge in [-0.3, -0.25) is 18.6 Å². The molecule has 9 nitrogen and oxygen atoms in total. The van der Waals surface area contributed by atoms with Gasteiger partial charge >= 0.3 is 13.8 Å². The van der Waals surface area contributed by atoms with E-state index in [1.165, 1.54) is 218 Å². The van der Waals surface area contributed by atoms with E-state index in [1.54, 1.807) is 0 Å². The van der Waals surface area contributed by atoms with Gasteiger partial charge in [-0.05, 0) is 76.7 Å². The number of phosphoric ester groups is 1. The third-order valence-corrected chi connectivity index (χ3v) is 17.2. The molecular weight excluding hydrogens is 1060 g/mol. The minimum atomic E-state index is -4.46. The van der Waals surface area contributed by atoms with Gasteiger partial charge in [0.15, 0.2) is 0 Å². The van der Waals surface area contributed by atoms with E-state index in [2.05, 4.69) is 74.7 Å². The highest BCUT2D eigenvalue weighted by Crippen LogP contribution is 2.43. The Balaban J connectivity index is 5.06. The van der Waals surface area contributed by atoms with Gasteiger partial charge in [-0.2, -0.15) is 0 Å². The zero-order valence-electron chi connectivity index (χ0n) is 56.4. The van der Waals surface area contributed by atoms with Gasteiger partial charge in [-0.15, -0.1) is 0 Å². The van der Waals surface area contributed by atoms with Crippen LogP contribution in [0.15, 0.2) is 60.8 Å². The van der Waals surface area contributed by atoms with Crippen LogP contribution >= 0.6 is 7.82 Å². The molecule has 1 amide bonds. The summed E-state index contributed by atoms with van der Waals surface area (Å²) in [6.07, 6.45) is 82.4. The predicted octanol–water partition coefficient (Wildman–Crippen LogP) is 23.0. The molecule has 0 radical (unpaired) electrons. The fourth-order valence-electron chi connectivity index (χ4n) is 10.6. The summed E-state index contributed by atoms with van der Waals surface area (Å²) in [5, 5.41) is 3.07. The SMILES string of the molecule is CCCCC/C=C\C/C=C\C/C=C\C/C=C\CCCCCCCC(=O)OC(/C=C/CCCCCCCCCCCC)C(COP(=O)(O)OCC[N+](C)(C)C)NC(=O)CCCCCCCCCCCCCCCCCCCCCCCCCCC. The van der Waals surface area contributed by atoms with Crippen LogP contribution in [-0.2, 0) is 27.9 Å². The number of carbonyl (C=O) groups excluding carboxylic acids is 2. The Labute approximate surface area is 521 Å². The van der Waals surface area contributed by atoms with Gasteiger partial charge in [0.2, 0.25) is 5.91 Å². The third kappa shape index (κ3) is 64.2. The molecule has 492 valence electrons. The number of allylic oxidation sites excluding steroid dienone is 9. The molecule has 0 bridgehead atoms. The largest absolute Gasteiger partial charge is 0.472 e. The minimum absolute atomic E-state index is 0.0373. The van der Waals surface area contributed by atoms with Gasteiger partial charge in [0.05, 0.1) is 33.8 Å². The van der Waals surface area contributed by atoms with Gasteiger partial charge in [-0.25, -0.2) is 4.57 Å². The van der Waals surface area contributed by atoms with Crippen LogP contribution < -0.4 is 5.32 Å². The zero-order valence-corrected chi connectivity index (χ0v) is 57.3. The topological polar surface area (TPSA) is 111 Å². The number of carbonyl (C=O) groups is 2. The van der Waals surface area contributed by atoms with Crippen molar-refractivity contribution >= 4 is 19.7 Å². The lowest BCUT2D eigenvalue weighted by Crippen LogP contribution is -2.47. The molecule has 84 heavy (non-hydrogen) atoms. The maximum absolute atomic E-state index is 13.6. The number of amides is 1. The molecule has 0 aliphatic heterocycles. The highest BCUT2D eigenvalue weighted by Gasteiger charge is 2.30. The van der Waals surface area contributed by atoms with Crippen LogP contribution in [0, 0.1) is 0 Å². The quantitative estimate of drug-likeness (QED) is 0.0205. The second-order valence-electron chi connectivity index (χ2n) is 25.8. The van der Waals surface area contributed by atoms with Crippen molar-refractivity contribution in [2.45, 2.75) is 360 Å². The molecule has 0 rings (SSSR count). The Kier molecular flexibility index (Phi) is 62.0. The summed E-state index contributed by atoms with van der Waals surface area (Å²) in [4.78, 5) is 37.9. The van der Waals surface area contributed by atoms with Crippen molar-refractivity contribution in [1.82, 2.24) is 5.32 Å². The monoisotopic (exact) mass is 1200 g/mol. The van der Waals surface area contributed by atoms with Crippen molar-refractivity contribution in [3.63, 3.8) is 0 Å². The molecule has 10 heteroatoms. The summed E-state index contributed by atoms with van der Waals surface area (Å²) in [5.41, 5.74) is 0. The maximum atomic E-state index is 13.6. The number of unbranched alkanes of at least 4 members (excludes halogenated alkanes) is 42. The van der Waals surface area contributed by atoms with Gasteiger partial charge in [-0.1, -0.05) is 319 Å². The Morgan fingerprint density at radius 3 is 1.11 bits per heavy atom. The molecule has 0 spiro atoms. The summed E-state index contributed by atoms with van der Waals surface area (Å²) < 4.78 is 30.8. The number of likely N-dealkylation sites (N-methyl/N-ethyl adjacent to an activating group) is 1. The molecule has 0 aliphatic carbocycles. The lowest BCUT2D eigenvalue weighted by molar-refractivity contribution is -0.870. The number of ether oxygens (including phenoxy) is 1. The van der Waals surface area contributed by atoms with Crippen LogP contribution in [0.25, 0.3) is 0 Å². The number of nitrogens with zero attached hydrogens (tertiary/aromatic N) is 1. The van der Waals surface area contributed by atoms with E-state index in [4.69, 9.17) is 13.8 Å². The molecule has 0 fully saturated rings. The first-order valence-corrected chi connectivity index (χ1v) is 37.6. The first kappa shape index (κ1) is 81.7. The van der Waals surface area contributed by atoms with Crippen LogP contribution in [0.1, 0.15) is 348 Å². The number of hydrogen-bond acceptors (Lipinski definition) is 6. The van der Waals surface area contributed by atoms with Gasteiger partial charge in [0.1, 0.15) is 19.3 Å². The molecule has 0 aliphatic rings. The Bertz CT molecular complexity index is 1620. The average Bonchev–Trinajstić information content (AvgIpc) is 3.65. The summed E-state index contributed by atoms with van der Waals surface area (Å²) in [6.45, 7) is 7.02. The molecule has 0 saturated heterocycles. The fraction of sp³-hybridized carbons (Fsp3) is 0.838. The smallest absolute Gasteiger partial charge is 0.456 e. The molecule has 2 N–H and O–H groups in total. The molecule has 0 aromatic carbocycles. The average molecular weight is 1200 g/mol. The summed E-state index contributed by atoms with van der Waals surface area (Å²) >= 11 is 0. The van der Waals surface area contributed by atoms with E-state index in [9.17, 15) is 19.0 Å². The molecule has 3 atom stereocenters. The van der Waals surface area contributed by atoms with Crippen molar-refractivity contribution < 1.29 is 37.3 Å². The number of quaternary nitrogens is 1. The molecule has 0 saturated carbocycles. The van der Waals surface area contributed by atoms with E-state index in [0.29, 0.717) is 17.4 Å². The van der Waals surface area contributed by atoms with Crippen LogP contribution in [-0.4, -0.2) is 74.3 Å². The zero-order chi connectivity index (χ0) is 61.4. The van der Waals surface area contributed by atoms with E-state index >= 15 is 0 Å². The van der Waals surface area contributed by atoms with Gasteiger partial charge < -0.3 is 19.4 Å². The second kappa shape index (κ2) is 63.7. The van der Waals surface area contributed by atoms with E-state index in [-0.39, 0.29) is 31.5 Å². The van der Waals surface area contributed by atoms with Crippen molar-refractivity contribution in [2.75, 3.05) is 40.9 Å². The van der Waals surface area contributed by atoms with Crippen LogP contribution in [0.3, 0.4) is 0 Å². The van der Waals surface area contributed by atoms with Crippen molar-refractivity contribution in [2.24, 2.45) is 0 Å². The summed E-state index contributed by atoms with van der Waals surface area (Å²) in [5.74, 6) is -0.512. The molecule has 0 aromatic rings. The number of nitrogens with one attached hydrogen (secondary N) is 1. The van der Waals surface area contributed by atoms with E-state index in [1.807, 2.05) is 33.3 Å². The standard InChI is InChI=1S/C74H139N2O7P/c1-7-10-13-16-19-22-25-28-30-32-34-36-37-38-39-41-42-44-46-48-51-54-57-60-63-66-73(77)75-71(70-82-84(79,80)81-69-68-76(4,5)6)72(65-62-59-56-53-50-27-24-21-18-15-12-9-3)83-74(78)67-64-61-58-55-52-49-47-45-43-40-35-33-31-29-26-23-20-17-14-11-8-2/h20,23,29,31,35,40,45,47,62,65,71-72H,7-19,21-22,24-28,30,32-34,36-39,41-44,46,48-61,63-64,66-70H2,1-6H3,(H-,75,77,79,80)/p+1/b23-20-,31-29-,40-35-,47-45-,65-62+. The van der Waals surface area contributed by atoms with Gasteiger partial charge in [0, 0.05) is 12.8 Å². The summed E-state index contributed by atoms with van der Waals surface area (Å²) in [6, 6.07) is -0.857. The third-order valence-electron chi connectivity index (χ3n) is 16.2. The van der Waals surface area contributed by atoms with Crippen LogP contribution in [0.4, 0.5) is 0 Å². The number of esters is 1. The van der Waals surface area contributed by atoms with Gasteiger partial charge in [0.25, 0.3) is 0 Å². The van der Waals surface area contributed by atoms with Crippen molar-refractivity contribution in [3.8, 4) is 0 Å². The number of rotatable bonds is 66.